The van der Waals surface area contributed by atoms with Gasteiger partial charge in [0, 0.05) is 30.6 Å². The third-order valence-corrected chi connectivity index (χ3v) is 6.40. The van der Waals surface area contributed by atoms with E-state index in [1.165, 1.54) is 6.42 Å². The molecule has 0 aliphatic carbocycles. The molecule has 1 fully saturated rings. The van der Waals surface area contributed by atoms with Crippen molar-refractivity contribution < 1.29 is 14.6 Å². The quantitative estimate of drug-likeness (QED) is 0.418. The molecule has 2 aromatic heterocycles. The van der Waals surface area contributed by atoms with Gasteiger partial charge in [-0.15, -0.1) is 0 Å². The van der Waals surface area contributed by atoms with Crippen LogP contribution in [-0.2, 0) is 22.7 Å². The van der Waals surface area contributed by atoms with Crippen LogP contribution in [-0.4, -0.2) is 49.3 Å². The van der Waals surface area contributed by atoms with Crippen molar-refractivity contribution in [2.45, 2.75) is 45.9 Å². The Labute approximate surface area is 198 Å². The summed E-state index contributed by atoms with van der Waals surface area (Å²) in [4.78, 5) is 13.9. The normalized spacial score (nSPS) is 13.9. The molecule has 176 valence electrons. The van der Waals surface area contributed by atoms with E-state index >= 15 is 0 Å². The van der Waals surface area contributed by atoms with E-state index < -0.39 is 11.6 Å². The second kappa shape index (κ2) is 8.61. The van der Waals surface area contributed by atoms with E-state index in [1.54, 1.807) is 13.8 Å². The molecule has 3 heterocycles. The van der Waals surface area contributed by atoms with Crippen molar-refractivity contribution in [1.29, 1.82) is 0 Å². The highest BCUT2D eigenvalue weighted by molar-refractivity contribution is 5.84. The summed E-state index contributed by atoms with van der Waals surface area (Å²) in [6.07, 6.45) is 3.06. The van der Waals surface area contributed by atoms with E-state index in [9.17, 15) is 9.90 Å². The molecule has 0 saturated carbocycles. The number of anilines is 1. The first-order chi connectivity index (χ1) is 16.4. The first-order valence-corrected chi connectivity index (χ1v) is 11.6. The zero-order chi connectivity index (χ0) is 23.9. The van der Waals surface area contributed by atoms with E-state index in [2.05, 4.69) is 47.3 Å². The van der Waals surface area contributed by atoms with E-state index in [-0.39, 0.29) is 6.61 Å². The summed E-state index contributed by atoms with van der Waals surface area (Å²) in [5, 5.41) is 19.9. The van der Waals surface area contributed by atoms with Gasteiger partial charge in [0.25, 0.3) is 0 Å². The van der Waals surface area contributed by atoms with E-state index in [4.69, 9.17) is 9.84 Å². The largest absolute Gasteiger partial charge is 0.479 e. The lowest BCUT2D eigenvalue weighted by atomic mass is 10.1. The lowest BCUT2D eigenvalue weighted by Gasteiger charge is -2.34. The number of fused-ring (bicyclic) bond motifs is 1. The van der Waals surface area contributed by atoms with Crippen molar-refractivity contribution in [1.82, 2.24) is 19.6 Å². The minimum atomic E-state index is -1.30. The van der Waals surface area contributed by atoms with Gasteiger partial charge in [-0.2, -0.15) is 10.2 Å². The fraction of sp³-hybridized carbons (Fsp3) is 0.346. The number of para-hydroxylation sites is 2. The average molecular weight is 460 g/mol. The van der Waals surface area contributed by atoms with E-state index in [1.807, 2.05) is 33.8 Å². The van der Waals surface area contributed by atoms with Crippen LogP contribution in [0.2, 0.25) is 0 Å². The predicted molar refractivity (Wildman–Crippen MR) is 131 cm³/mol. The summed E-state index contributed by atoms with van der Waals surface area (Å²) >= 11 is 0. The first-order valence-electron chi connectivity index (χ1n) is 11.6. The summed E-state index contributed by atoms with van der Waals surface area (Å²) < 4.78 is 9.65. The number of ether oxygens (including phenoxy) is 1. The number of nitrogens with zero attached hydrogens (tertiary/aromatic N) is 5. The number of carboxylic acid groups (broad SMARTS) is 1. The number of carbonyl (C=O) groups is 1. The molecule has 1 aliphatic heterocycles. The van der Waals surface area contributed by atoms with Crippen LogP contribution in [0.3, 0.4) is 0 Å². The van der Waals surface area contributed by atoms with Gasteiger partial charge in [-0.3, -0.25) is 4.68 Å². The maximum Gasteiger partial charge on any atom is 0.335 e. The van der Waals surface area contributed by atoms with Crippen LogP contribution in [0.15, 0.2) is 54.7 Å². The van der Waals surface area contributed by atoms with Gasteiger partial charge in [0.2, 0.25) is 0 Å². The Morgan fingerprint density at radius 1 is 1.12 bits per heavy atom. The number of hydrogen-bond donors (Lipinski definition) is 1. The number of aromatic nitrogens is 4. The third kappa shape index (κ3) is 3.94. The summed E-state index contributed by atoms with van der Waals surface area (Å²) in [6.45, 7) is 8.11. The van der Waals surface area contributed by atoms with Crippen molar-refractivity contribution in [3.63, 3.8) is 0 Å². The Morgan fingerprint density at radius 2 is 1.88 bits per heavy atom. The minimum absolute atomic E-state index is 0.0975. The van der Waals surface area contributed by atoms with Gasteiger partial charge in [-0.25, -0.2) is 9.48 Å². The lowest BCUT2D eigenvalue weighted by molar-refractivity contribution is -0.162. The summed E-state index contributed by atoms with van der Waals surface area (Å²) in [5.74, 6) is -1.01. The lowest BCUT2D eigenvalue weighted by Crippen LogP contribution is -2.37. The molecule has 1 N–H and O–H groups in total. The summed E-state index contributed by atoms with van der Waals surface area (Å²) in [5.41, 5.74) is 4.50. The highest BCUT2D eigenvalue weighted by Crippen LogP contribution is 2.33. The van der Waals surface area contributed by atoms with Gasteiger partial charge in [0.1, 0.15) is 0 Å². The van der Waals surface area contributed by atoms with Crippen molar-refractivity contribution in [2.75, 3.05) is 18.0 Å². The molecule has 0 bridgehead atoms. The van der Waals surface area contributed by atoms with E-state index in [0.717, 1.165) is 53.2 Å². The van der Waals surface area contributed by atoms with Gasteiger partial charge in [-0.05, 0) is 51.5 Å². The molecule has 0 spiro atoms. The molecule has 1 saturated heterocycles. The topological polar surface area (TPSA) is 85.4 Å². The Balaban J connectivity index is 1.62. The van der Waals surface area contributed by atoms with Crippen molar-refractivity contribution in [3.8, 4) is 16.9 Å². The average Bonchev–Trinajstić information content (AvgIpc) is 3.40. The number of rotatable bonds is 8. The smallest absolute Gasteiger partial charge is 0.335 e. The van der Waals surface area contributed by atoms with Gasteiger partial charge < -0.3 is 14.7 Å². The van der Waals surface area contributed by atoms with Gasteiger partial charge >= 0.3 is 5.97 Å². The molecule has 8 heteroatoms. The van der Waals surface area contributed by atoms with Gasteiger partial charge in [-0.1, -0.05) is 24.3 Å². The molecule has 0 atom stereocenters. The zero-order valence-corrected chi connectivity index (χ0v) is 19.7. The van der Waals surface area contributed by atoms with Crippen molar-refractivity contribution in [3.05, 3.63) is 60.4 Å². The Bertz CT molecular complexity index is 1350. The fourth-order valence-corrected chi connectivity index (χ4v) is 4.16. The molecule has 0 amide bonds. The summed E-state index contributed by atoms with van der Waals surface area (Å²) in [7, 11) is 0. The van der Waals surface area contributed by atoms with E-state index in [0.29, 0.717) is 5.69 Å². The maximum absolute atomic E-state index is 11.5. The van der Waals surface area contributed by atoms with Gasteiger partial charge in [0.15, 0.2) is 5.60 Å². The van der Waals surface area contributed by atoms with Crippen molar-refractivity contribution >= 4 is 22.6 Å². The molecule has 0 unspecified atom stereocenters. The third-order valence-electron chi connectivity index (χ3n) is 6.40. The second-order valence-corrected chi connectivity index (χ2v) is 9.10. The van der Waals surface area contributed by atoms with Crippen LogP contribution in [0.25, 0.3) is 27.8 Å². The number of hydrogen-bond acceptors (Lipinski definition) is 5. The molecule has 4 aromatic rings. The van der Waals surface area contributed by atoms with Crippen LogP contribution in [0.1, 0.15) is 32.9 Å². The fourth-order valence-electron chi connectivity index (χ4n) is 4.16. The molecule has 2 aromatic carbocycles. The van der Waals surface area contributed by atoms with Crippen LogP contribution < -0.4 is 4.90 Å². The molecule has 0 radical (unpaired) electrons. The first kappa shape index (κ1) is 22.2. The molecule has 5 rings (SSSR count). The highest BCUT2D eigenvalue weighted by Gasteiger charge is 2.29. The monoisotopic (exact) mass is 459 g/mol. The molecule has 1 aliphatic rings. The summed E-state index contributed by atoms with van der Waals surface area (Å²) in [6, 6.07) is 16.5. The standard InChI is InChI=1S/C26H29N5O3/c1-4-30-23-14-18(10-11-19(23)16-27-30)24-15-20(17-34-26(2,3)25(32)33)28-31(24)22-9-6-5-8-21(22)29-12-7-13-29/h5-6,8-11,14-16H,4,7,12-13,17H2,1-3H3,(H,32,33). The second-order valence-electron chi connectivity index (χ2n) is 9.10. The van der Waals surface area contributed by atoms with Crippen LogP contribution >= 0.6 is 0 Å². The minimum Gasteiger partial charge on any atom is -0.479 e. The Hall–Kier alpha value is -3.65. The molecular formula is C26H29N5O3. The van der Waals surface area contributed by atoms with Crippen LogP contribution in [0.4, 0.5) is 5.69 Å². The Morgan fingerprint density at radius 3 is 2.56 bits per heavy atom. The SMILES string of the molecule is CCn1ncc2ccc(-c3cc(COC(C)(C)C(=O)O)nn3-c3ccccc3N3CCC3)cc21. The molecular weight excluding hydrogens is 430 g/mol. The van der Waals surface area contributed by atoms with Gasteiger partial charge in [0.05, 0.1) is 41.1 Å². The zero-order valence-electron chi connectivity index (χ0n) is 19.7. The number of benzene rings is 2. The molecule has 8 nitrogen and oxygen atoms in total. The van der Waals surface area contributed by atoms with Crippen LogP contribution in [0, 0.1) is 0 Å². The molecule has 34 heavy (non-hydrogen) atoms. The maximum atomic E-state index is 11.5. The highest BCUT2D eigenvalue weighted by atomic mass is 16.5. The number of aliphatic carboxylic acids is 1. The Kier molecular flexibility index (Phi) is 5.61. The predicted octanol–water partition coefficient (Wildman–Crippen LogP) is 4.50. The van der Waals surface area contributed by atoms with Crippen molar-refractivity contribution in [2.24, 2.45) is 0 Å². The number of aryl methyl sites for hydroxylation is 1. The van der Waals surface area contributed by atoms with Crippen LogP contribution in [0.5, 0.6) is 0 Å². The number of carboxylic acids is 1.